The molecule has 3 heterocycles. The number of ether oxygens (including phenoxy) is 1. The molecule has 4 atom stereocenters. The van der Waals surface area contributed by atoms with Gasteiger partial charge in [0.05, 0.1) is 17.5 Å². The first-order valence-corrected chi connectivity index (χ1v) is 9.93. The number of carbonyl (C=O) groups excluding carboxylic acids is 2. The summed E-state index contributed by atoms with van der Waals surface area (Å²) < 4.78 is 25.2. The van der Waals surface area contributed by atoms with Crippen molar-refractivity contribution in [1.82, 2.24) is 5.16 Å². The van der Waals surface area contributed by atoms with Crippen LogP contribution in [0, 0.1) is 12.8 Å². The molecule has 1 fully saturated rings. The fraction of sp³-hybridized carbons (Fsp3) is 0.381. The Morgan fingerprint density at radius 3 is 2.79 bits per heavy atom. The Morgan fingerprint density at radius 2 is 2.07 bits per heavy atom. The van der Waals surface area contributed by atoms with Gasteiger partial charge in [-0.05, 0) is 43.9 Å². The lowest BCUT2D eigenvalue weighted by Gasteiger charge is -2.36. The number of amides is 1. The summed E-state index contributed by atoms with van der Waals surface area (Å²) in [6.45, 7) is 1.72. The summed E-state index contributed by atoms with van der Waals surface area (Å²) in [6, 6.07) is 7.83. The fourth-order valence-corrected chi connectivity index (χ4v) is 4.71. The summed E-state index contributed by atoms with van der Waals surface area (Å²) in [5.41, 5.74) is 0.896. The fourth-order valence-electron chi connectivity index (χ4n) is 4.51. The molecule has 0 radical (unpaired) electrons. The molecule has 0 bridgehead atoms. The quantitative estimate of drug-likeness (QED) is 0.737. The highest BCUT2D eigenvalue weighted by atomic mass is 35.5. The van der Waals surface area contributed by atoms with Crippen LogP contribution in [0.25, 0.3) is 0 Å². The maximum Gasteiger partial charge on any atom is 0.295 e. The molecule has 0 saturated heterocycles. The molecule has 1 aromatic heterocycles. The molecule has 6 nitrogen and oxygen atoms in total. The van der Waals surface area contributed by atoms with Crippen LogP contribution in [-0.4, -0.2) is 29.1 Å². The Bertz CT molecular complexity index is 1050. The van der Waals surface area contributed by atoms with Crippen molar-refractivity contribution in [3.05, 3.63) is 58.0 Å². The Balaban J connectivity index is 1.65. The third-order valence-corrected chi connectivity index (χ3v) is 6.05. The third kappa shape index (κ3) is 2.87. The van der Waals surface area contributed by atoms with Gasteiger partial charge in [-0.3, -0.25) is 14.5 Å². The summed E-state index contributed by atoms with van der Waals surface area (Å²) in [4.78, 5) is 28.1. The highest BCUT2D eigenvalue weighted by Gasteiger charge is 2.54. The summed E-state index contributed by atoms with van der Waals surface area (Å²) in [5, 5.41) is 4.45. The van der Waals surface area contributed by atoms with E-state index in [1.807, 2.05) is 0 Å². The zero-order valence-corrected chi connectivity index (χ0v) is 16.4. The lowest BCUT2D eigenvalue weighted by molar-refractivity contribution is -0.133. The van der Waals surface area contributed by atoms with Crippen molar-refractivity contribution >= 4 is 29.1 Å². The van der Waals surface area contributed by atoms with Gasteiger partial charge < -0.3 is 9.26 Å². The van der Waals surface area contributed by atoms with E-state index in [4.69, 9.17) is 20.9 Å². The summed E-state index contributed by atoms with van der Waals surface area (Å²) in [6.07, 6.45) is -0.667. The summed E-state index contributed by atoms with van der Waals surface area (Å²) in [5.74, 6) is -0.435. The number of ketones is 1. The molecule has 29 heavy (non-hydrogen) atoms. The van der Waals surface area contributed by atoms with Crippen molar-refractivity contribution in [2.45, 2.75) is 44.5 Å². The van der Waals surface area contributed by atoms with Gasteiger partial charge in [0.2, 0.25) is 0 Å². The van der Waals surface area contributed by atoms with E-state index in [-0.39, 0.29) is 29.4 Å². The van der Waals surface area contributed by atoms with Crippen LogP contribution in [-0.2, 0) is 14.3 Å². The predicted molar refractivity (Wildman–Crippen MR) is 102 cm³/mol. The molecule has 2 aromatic rings. The van der Waals surface area contributed by atoms with Crippen molar-refractivity contribution < 1.29 is 23.2 Å². The van der Waals surface area contributed by atoms with Crippen LogP contribution < -0.4 is 4.90 Å². The number of hydrogen-bond acceptors (Lipinski definition) is 5. The minimum Gasteiger partial charge on any atom is -0.483 e. The number of anilines is 1. The number of aromatic nitrogens is 1. The molecule has 1 amide bonds. The second-order valence-corrected chi connectivity index (χ2v) is 8.15. The molecule has 4 unspecified atom stereocenters. The number of aryl methyl sites for hydroxylation is 1. The van der Waals surface area contributed by atoms with Crippen molar-refractivity contribution in [3.8, 4) is 0 Å². The highest BCUT2D eigenvalue weighted by Crippen LogP contribution is 2.48. The second kappa shape index (κ2) is 6.69. The SMILES string of the molecule is Cc1cc(N2C(=O)C3=C(C(=O)C4CC(F)CCC4O3)C2c2cccc(Cl)c2)no1. The number of nitrogens with zero attached hydrogens (tertiary/aromatic N) is 2. The van der Waals surface area contributed by atoms with E-state index in [9.17, 15) is 14.0 Å². The van der Waals surface area contributed by atoms with Gasteiger partial charge >= 0.3 is 0 Å². The minimum absolute atomic E-state index is 0.0270. The summed E-state index contributed by atoms with van der Waals surface area (Å²) >= 11 is 6.18. The predicted octanol–water partition coefficient (Wildman–Crippen LogP) is 4.08. The van der Waals surface area contributed by atoms with Gasteiger partial charge in [0.25, 0.3) is 5.91 Å². The van der Waals surface area contributed by atoms with Crippen molar-refractivity contribution in [2.24, 2.45) is 5.92 Å². The van der Waals surface area contributed by atoms with Crippen LogP contribution in [0.1, 0.15) is 36.6 Å². The normalized spacial score (nSPS) is 29.0. The lowest BCUT2D eigenvalue weighted by Crippen LogP contribution is -2.42. The van der Waals surface area contributed by atoms with E-state index in [2.05, 4.69) is 5.16 Å². The van der Waals surface area contributed by atoms with Crippen LogP contribution in [0.15, 0.2) is 46.2 Å². The first kappa shape index (κ1) is 18.4. The largest absolute Gasteiger partial charge is 0.483 e. The third-order valence-electron chi connectivity index (χ3n) is 5.81. The topological polar surface area (TPSA) is 72.6 Å². The number of carbonyl (C=O) groups is 2. The first-order chi connectivity index (χ1) is 13.9. The van der Waals surface area contributed by atoms with E-state index < -0.39 is 30.1 Å². The molecule has 8 heteroatoms. The Morgan fingerprint density at radius 1 is 1.24 bits per heavy atom. The zero-order valence-electron chi connectivity index (χ0n) is 15.6. The van der Waals surface area contributed by atoms with Crippen molar-refractivity contribution in [3.63, 3.8) is 0 Å². The van der Waals surface area contributed by atoms with E-state index in [0.717, 1.165) is 0 Å². The number of hydrogen-bond donors (Lipinski definition) is 0. The maximum absolute atomic E-state index is 14.0. The molecule has 150 valence electrons. The Labute approximate surface area is 171 Å². The van der Waals surface area contributed by atoms with Gasteiger partial charge in [-0.1, -0.05) is 28.9 Å². The van der Waals surface area contributed by atoms with Gasteiger partial charge in [-0.2, -0.15) is 0 Å². The number of alkyl halides is 1. The van der Waals surface area contributed by atoms with E-state index in [1.165, 1.54) is 4.90 Å². The molecular formula is C21H18ClFN2O4. The first-order valence-electron chi connectivity index (χ1n) is 9.55. The monoisotopic (exact) mass is 416 g/mol. The Kier molecular flexibility index (Phi) is 4.24. The summed E-state index contributed by atoms with van der Waals surface area (Å²) in [7, 11) is 0. The molecular weight excluding hydrogens is 399 g/mol. The van der Waals surface area contributed by atoms with Crippen LogP contribution in [0.4, 0.5) is 10.2 Å². The Hall–Kier alpha value is -2.67. The second-order valence-electron chi connectivity index (χ2n) is 7.71. The standard InChI is InChI=1S/C21H18ClFN2O4/c1-10-7-16(24-29-10)25-18(11-3-2-4-12(22)8-11)17-19(26)14-9-13(23)5-6-15(14)28-20(17)21(25)27/h2-4,7-8,13-15,18H,5-6,9H2,1H3. The van der Waals surface area contributed by atoms with Crippen molar-refractivity contribution in [1.29, 1.82) is 0 Å². The van der Waals surface area contributed by atoms with Gasteiger partial charge in [0, 0.05) is 11.1 Å². The van der Waals surface area contributed by atoms with Crippen LogP contribution in [0.5, 0.6) is 0 Å². The average molecular weight is 417 g/mol. The molecule has 2 aliphatic heterocycles. The van der Waals surface area contributed by atoms with Gasteiger partial charge in [0.1, 0.15) is 18.0 Å². The van der Waals surface area contributed by atoms with E-state index >= 15 is 0 Å². The van der Waals surface area contributed by atoms with Gasteiger partial charge in [-0.15, -0.1) is 0 Å². The van der Waals surface area contributed by atoms with E-state index in [1.54, 1.807) is 37.3 Å². The number of rotatable bonds is 2. The average Bonchev–Trinajstić information content (AvgIpc) is 3.24. The van der Waals surface area contributed by atoms with Gasteiger partial charge in [-0.25, -0.2) is 4.39 Å². The molecule has 1 aliphatic carbocycles. The number of halogens is 2. The molecule has 1 aromatic carbocycles. The van der Waals surface area contributed by atoms with Crippen LogP contribution >= 0.6 is 11.6 Å². The van der Waals surface area contributed by atoms with Crippen LogP contribution in [0.3, 0.4) is 0 Å². The molecule has 0 N–H and O–H groups in total. The molecule has 3 aliphatic rings. The molecule has 0 spiro atoms. The number of Topliss-reactive ketones (excluding diaryl/α,β-unsaturated/α-hetero) is 1. The van der Waals surface area contributed by atoms with Gasteiger partial charge in [0.15, 0.2) is 17.4 Å². The molecule has 1 saturated carbocycles. The number of benzene rings is 1. The zero-order chi connectivity index (χ0) is 20.3. The maximum atomic E-state index is 14.0. The lowest BCUT2D eigenvalue weighted by atomic mass is 9.77. The smallest absolute Gasteiger partial charge is 0.295 e. The van der Waals surface area contributed by atoms with E-state index in [0.29, 0.717) is 29.2 Å². The number of fused-ring (bicyclic) bond motifs is 1. The molecule has 5 rings (SSSR count). The van der Waals surface area contributed by atoms with Crippen molar-refractivity contribution in [2.75, 3.05) is 4.90 Å². The van der Waals surface area contributed by atoms with Crippen LogP contribution in [0.2, 0.25) is 5.02 Å². The minimum atomic E-state index is -1.04. The highest BCUT2D eigenvalue weighted by molar-refractivity contribution is 6.30.